The molecule has 148 valence electrons. The summed E-state index contributed by atoms with van der Waals surface area (Å²) in [7, 11) is 7.55. The predicted octanol–water partition coefficient (Wildman–Crippen LogP) is 3.81. The number of amides is 1. The van der Waals surface area contributed by atoms with Crippen molar-refractivity contribution in [1.29, 1.82) is 0 Å². The highest BCUT2D eigenvalue weighted by atomic mass is 16.5. The van der Waals surface area contributed by atoms with E-state index in [0.717, 1.165) is 28.4 Å². The molecule has 0 bridgehead atoms. The maximum absolute atomic E-state index is 11.3. The van der Waals surface area contributed by atoms with Gasteiger partial charge in [-0.05, 0) is 38.1 Å². The highest BCUT2D eigenvalue weighted by Gasteiger charge is 2.12. The molecule has 0 unspecified atom stereocenters. The molecule has 1 aliphatic carbocycles. The van der Waals surface area contributed by atoms with Crippen molar-refractivity contribution in [3.63, 3.8) is 0 Å². The number of rotatable bonds is 4. The minimum Gasteiger partial charge on any atom is -0.497 e. The summed E-state index contributed by atoms with van der Waals surface area (Å²) < 4.78 is 5.24. The SMILES string of the molecule is CNC1CCCCC1.COc1ccc2ncc(NC(C)=O)c(N(C)C)c2c1. The molecule has 1 saturated carbocycles. The number of anilines is 2. The Kier molecular flexibility index (Phi) is 7.85. The summed E-state index contributed by atoms with van der Waals surface area (Å²) in [4.78, 5) is 17.6. The average molecular weight is 373 g/mol. The lowest BCUT2D eigenvalue weighted by Gasteiger charge is -2.20. The van der Waals surface area contributed by atoms with Gasteiger partial charge in [-0.25, -0.2) is 0 Å². The van der Waals surface area contributed by atoms with E-state index < -0.39 is 0 Å². The van der Waals surface area contributed by atoms with E-state index in [1.807, 2.05) is 37.2 Å². The molecule has 1 aromatic heterocycles. The van der Waals surface area contributed by atoms with Gasteiger partial charge in [0.05, 0.1) is 30.2 Å². The largest absolute Gasteiger partial charge is 0.497 e. The summed E-state index contributed by atoms with van der Waals surface area (Å²) in [5.41, 5.74) is 2.47. The van der Waals surface area contributed by atoms with Gasteiger partial charge in [0.25, 0.3) is 0 Å². The molecule has 0 aliphatic heterocycles. The molecule has 2 aromatic rings. The number of pyridine rings is 1. The second-order valence-corrected chi connectivity index (χ2v) is 7.10. The van der Waals surface area contributed by atoms with Gasteiger partial charge in [-0.1, -0.05) is 19.3 Å². The fraction of sp³-hybridized carbons (Fsp3) is 0.524. The van der Waals surface area contributed by atoms with Gasteiger partial charge in [0.15, 0.2) is 0 Å². The van der Waals surface area contributed by atoms with Crippen LogP contribution in [0.25, 0.3) is 10.9 Å². The van der Waals surface area contributed by atoms with Gasteiger partial charge in [0.2, 0.25) is 5.91 Å². The molecule has 0 radical (unpaired) electrons. The van der Waals surface area contributed by atoms with Crippen molar-refractivity contribution in [2.75, 3.05) is 38.5 Å². The van der Waals surface area contributed by atoms with Crippen LogP contribution in [0, 0.1) is 0 Å². The monoisotopic (exact) mass is 372 g/mol. The summed E-state index contributed by atoms with van der Waals surface area (Å²) in [6.45, 7) is 1.48. The number of ether oxygens (including phenoxy) is 1. The minimum atomic E-state index is -0.118. The first kappa shape index (κ1) is 21.0. The lowest BCUT2D eigenvalue weighted by molar-refractivity contribution is -0.114. The van der Waals surface area contributed by atoms with Crippen LogP contribution < -0.4 is 20.3 Å². The van der Waals surface area contributed by atoms with Crippen LogP contribution in [-0.2, 0) is 4.79 Å². The third-order valence-electron chi connectivity index (χ3n) is 4.82. The first-order valence-corrected chi connectivity index (χ1v) is 9.55. The Hall–Kier alpha value is -2.34. The Morgan fingerprint density at radius 2 is 1.93 bits per heavy atom. The molecule has 6 heteroatoms. The van der Waals surface area contributed by atoms with E-state index in [1.165, 1.54) is 39.0 Å². The Morgan fingerprint density at radius 3 is 2.44 bits per heavy atom. The minimum absolute atomic E-state index is 0.118. The van der Waals surface area contributed by atoms with Crippen LogP contribution in [0.15, 0.2) is 24.4 Å². The maximum atomic E-state index is 11.3. The summed E-state index contributed by atoms with van der Waals surface area (Å²) in [5, 5.41) is 7.04. The van der Waals surface area contributed by atoms with Crippen molar-refractivity contribution < 1.29 is 9.53 Å². The molecule has 0 atom stereocenters. The number of carbonyl (C=O) groups excluding carboxylic acids is 1. The van der Waals surface area contributed by atoms with Gasteiger partial charge < -0.3 is 20.3 Å². The van der Waals surface area contributed by atoms with Gasteiger partial charge in [-0.3, -0.25) is 9.78 Å². The first-order chi connectivity index (χ1) is 13.0. The number of nitrogens with zero attached hydrogens (tertiary/aromatic N) is 2. The van der Waals surface area contributed by atoms with Crippen molar-refractivity contribution in [2.24, 2.45) is 0 Å². The van der Waals surface area contributed by atoms with Crippen LogP contribution in [0.5, 0.6) is 5.75 Å². The molecule has 1 aromatic carbocycles. The number of hydrogen-bond acceptors (Lipinski definition) is 5. The first-order valence-electron chi connectivity index (χ1n) is 9.55. The summed E-state index contributed by atoms with van der Waals surface area (Å²) >= 11 is 0. The van der Waals surface area contributed by atoms with Gasteiger partial charge >= 0.3 is 0 Å². The second kappa shape index (κ2) is 10.1. The highest BCUT2D eigenvalue weighted by Crippen LogP contribution is 2.34. The van der Waals surface area contributed by atoms with E-state index in [0.29, 0.717) is 5.69 Å². The smallest absolute Gasteiger partial charge is 0.221 e. The van der Waals surface area contributed by atoms with E-state index in [4.69, 9.17) is 4.74 Å². The Morgan fingerprint density at radius 1 is 1.22 bits per heavy atom. The average Bonchev–Trinajstić information content (AvgIpc) is 2.67. The highest BCUT2D eigenvalue weighted by molar-refractivity contribution is 6.03. The van der Waals surface area contributed by atoms with Crippen molar-refractivity contribution in [2.45, 2.75) is 45.1 Å². The molecule has 2 N–H and O–H groups in total. The van der Waals surface area contributed by atoms with E-state index in [1.54, 1.807) is 13.3 Å². The van der Waals surface area contributed by atoms with Gasteiger partial charge in [-0.15, -0.1) is 0 Å². The lowest BCUT2D eigenvalue weighted by Crippen LogP contribution is -2.26. The normalized spacial score (nSPS) is 14.3. The van der Waals surface area contributed by atoms with Gasteiger partial charge in [0.1, 0.15) is 5.75 Å². The van der Waals surface area contributed by atoms with Crippen molar-refractivity contribution in [3.05, 3.63) is 24.4 Å². The predicted molar refractivity (Wildman–Crippen MR) is 113 cm³/mol. The van der Waals surface area contributed by atoms with Crippen LogP contribution in [0.4, 0.5) is 11.4 Å². The number of fused-ring (bicyclic) bond motifs is 1. The number of carbonyl (C=O) groups is 1. The summed E-state index contributed by atoms with van der Waals surface area (Å²) in [5.74, 6) is 0.643. The zero-order valence-corrected chi connectivity index (χ0v) is 17.1. The van der Waals surface area contributed by atoms with Gasteiger partial charge in [-0.2, -0.15) is 0 Å². The molecule has 1 amide bonds. The van der Waals surface area contributed by atoms with Crippen molar-refractivity contribution in [3.8, 4) is 5.75 Å². The standard InChI is InChI=1S/C14H17N3O2.C7H15N/c1-9(18)16-13-8-15-12-6-5-10(19-4)7-11(12)14(13)17(2)3;1-8-7-5-3-2-4-6-7/h5-8H,1-4H3,(H,16,18);7-8H,2-6H2,1H3. The second-order valence-electron chi connectivity index (χ2n) is 7.10. The van der Waals surface area contributed by atoms with Crippen LogP contribution >= 0.6 is 0 Å². The van der Waals surface area contributed by atoms with Crippen molar-refractivity contribution in [1.82, 2.24) is 10.3 Å². The zero-order valence-electron chi connectivity index (χ0n) is 17.1. The Balaban J connectivity index is 0.000000273. The Bertz CT molecular complexity index is 755. The molecule has 3 rings (SSSR count). The van der Waals surface area contributed by atoms with E-state index in [2.05, 4.69) is 22.7 Å². The van der Waals surface area contributed by atoms with E-state index >= 15 is 0 Å². The number of nitrogens with one attached hydrogen (secondary N) is 2. The topological polar surface area (TPSA) is 66.5 Å². The fourth-order valence-electron chi connectivity index (χ4n) is 3.44. The molecule has 0 spiro atoms. The van der Waals surface area contributed by atoms with Gasteiger partial charge in [0, 0.05) is 32.4 Å². The Labute approximate surface area is 162 Å². The van der Waals surface area contributed by atoms with E-state index in [-0.39, 0.29) is 5.91 Å². The van der Waals surface area contributed by atoms with Crippen LogP contribution in [0.1, 0.15) is 39.0 Å². The molecule has 1 aliphatic rings. The molecular formula is C21H32N4O2. The summed E-state index contributed by atoms with van der Waals surface area (Å²) in [6, 6.07) is 6.53. The third kappa shape index (κ3) is 5.82. The molecule has 1 fully saturated rings. The summed E-state index contributed by atoms with van der Waals surface area (Å²) in [6.07, 6.45) is 8.80. The number of hydrogen-bond donors (Lipinski definition) is 2. The van der Waals surface area contributed by atoms with Crippen molar-refractivity contribution >= 4 is 28.2 Å². The zero-order chi connectivity index (χ0) is 19.8. The molecule has 0 saturated heterocycles. The quantitative estimate of drug-likeness (QED) is 0.854. The number of aromatic nitrogens is 1. The molecule has 27 heavy (non-hydrogen) atoms. The maximum Gasteiger partial charge on any atom is 0.221 e. The molecule has 1 heterocycles. The van der Waals surface area contributed by atoms with E-state index in [9.17, 15) is 4.79 Å². The molecular weight excluding hydrogens is 340 g/mol. The van der Waals surface area contributed by atoms with Crippen LogP contribution in [-0.4, -0.2) is 45.2 Å². The number of methoxy groups -OCH3 is 1. The lowest BCUT2D eigenvalue weighted by atomic mass is 9.96. The van der Waals surface area contributed by atoms with Crippen LogP contribution in [0.2, 0.25) is 0 Å². The fourth-order valence-corrected chi connectivity index (χ4v) is 3.44. The molecule has 6 nitrogen and oxygen atoms in total. The number of benzene rings is 1. The van der Waals surface area contributed by atoms with Crippen LogP contribution in [0.3, 0.4) is 0 Å². The third-order valence-corrected chi connectivity index (χ3v) is 4.82.